The summed E-state index contributed by atoms with van der Waals surface area (Å²) in [4.78, 5) is 12.4. The number of benzene rings is 3. The van der Waals surface area contributed by atoms with E-state index in [1.807, 2.05) is 12.1 Å². The summed E-state index contributed by atoms with van der Waals surface area (Å²) >= 11 is 9.55. The van der Waals surface area contributed by atoms with Gasteiger partial charge in [0.25, 0.3) is 0 Å². The molecule has 32 heavy (non-hydrogen) atoms. The normalized spacial score (nSPS) is 11.1. The Bertz CT molecular complexity index is 1130. The number of hydrogen-bond acceptors (Lipinski definition) is 4. The van der Waals surface area contributed by atoms with E-state index < -0.39 is 6.61 Å². The minimum atomic E-state index is -2.96. The zero-order valence-corrected chi connectivity index (χ0v) is 19.2. The van der Waals surface area contributed by atoms with Crippen molar-refractivity contribution in [3.63, 3.8) is 0 Å². The lowest BCUT2D eigenvalue weighted by Crippen LogP contribution is -2.03. The molecule has 0 aliphatic rings. The number of hydrogen-bond donors (Lipinski definition) is 0. The summed E-state index contributed by atoms with van der Waals surface area (Å²) in [6, 6.07) is 16.3. The second-order valence-electron chi connectivity index (χ2n) is 6.54. The predicted molar refractivity (Wildman–Crippen MR) is 123 cm³/mol. The van der Waals surface area contributed by atoms with Gasteiger partial charge in [-0.1, -0.05) is 51.8 Å². The maximum Gasteiger partial charge on any atom is 0.387 e. The molecule has 0 atom stereocenters. The van der Waals surface area contributed by atoms with E-state index >= 15 is 0 Å². The second-order valence-corrected chi connectivity index (χ2v) is 7.86. The Labute approximate surface area is 197 Å². The first-order chi connectivity index (χ1) is 15.4. The van der Waals surface area contributed by atoms with Gasteiger partial charge in [-0.25, -0.2) is 0 Å². The van der Waals surface area contributed by atoms with Crippen molar-refractivity contribution in [1.29, 1.82) is 0 Å². The molecule has 0 spiro atoms. The monoisotopic (exact) mass is 522 g/mol. The number of carbonyl (C=O) groups is 1. The molecule has 166 valence electrons. The Morgan fingerprint density at radius 1 is 1.09 bits per heavy atom. The molecular weight excluding hydrogens is 506 g/mol. The molecule has 3 aromatic rings. The zero-order valence-electron chi connectivity index (χ0n) is 16.9. The number of halogens is 4. The van der Waals surface area contributed by atoms with Crippen molar-refractivity contribution in [2.75, 3.05) is 7.11 Å². The Balaban J connectivity index is 1.74. The highest BCUT2D eigenvalue weighted by atomic mass is 79.9. The fourth-order valence-corrected chi connectivity index (χ4v) is 3.58. The summed E-state index contributed by atoms with van der Waals surface area (Å²) in [5.74, 6) is 0.729. The smallest absolute Gasteiger partial charge is 0.387 e. The minimum absolute atomic E-state index is 0.0743. The topological polar surface area (TPSA) is 44.8 Å². The summed E-state index contributed by atoms with van der Waals surface area (Å²) in [7, 11) is 1.55. The van der Waals surface area contributed by atoms with Crippen molar-refractivity contribution in [3.05, 3.63) is 92.9 Å². The Morgan fingerprint density at radius 3 is 2.59 bits per heavy atom. The number of carbonyl (C=O) groups excluding carboxylic acids is 1. The van der Waals surface area contributed by atoms with Crippen LogP contribution in [0.3, 0.4) is 0 Å². The summed E-state index contributed by atoms with van der Waals surface area (Å²) in [6.45, 7) is -2.75. The van der Waals surface area contributed by atoms with Crippen molar-refractivity contribution >= 4 is 39.4 Å². The molecule has 0 aromatic heterocycles. The Kier molecular flexibility index (Phi) is 8.25. The van der Waals surface area contributed by atoms with Crippen molar-refractivity contribution in [1.82, 2.24) is 0 Å². The van der Waals surface area contributed by atoms with Crippen molar-refractivity contribution < 1.29 is 27.8 Å². The first-order valence-corrected chi connectivity index (χ1v) is 10.5. The highest BCUT2D eigenvalue weighted by molar-refractivity contribution is 9.10. The van der Waals surface area contributed by atoms with Gasteiger partial charge in [-0.3, -0.25) is 4.79 Å². The standard InChI is InChI=1S/C24H18BrClF2O4/c1-30-22-9-6-15(11-17(22)14-31-23-10-7-18(25)13-20(23)26)5-8-21(29)16-3-2-4-19(12-16)32-24(27)28/h2-13,24H,14H2,1H3/b8-5+. The lowest BCUT2D eigenvalue weighted by atomic mass is 10.1. The molecule has 0 amide bonds. The van der Waals surface area contributed by atoms with Crippen LogP contribution >= 0.6 is 27.5 Å². The van der Waals surface area contributed by atoms with Crippen LogP contribution in [0.15, 0.2) is 71.2 Å². The molecule has 0 saturated carbocycles. The molecule has 0 N–H and O–H groups in total. The molecular formula is C24H18BrClF2O4. The van der Waals surface area contributed by atoms with Gasteiger partial charge in [0, 0.05) is 15.6 Å². The average molecular weight is 524 g/mol. The van der Waals surface area contributed by atoms with Gasteiger partial charge in [-0.2, -0.15) is 8.78 Å². The Hall–Kier alpha value is -2.90. The first-order valence-electron chi connectivity index (χ1n) is 9.38. The number of rotatable bonds is 9. The van der Waals surface area contributed by atoms with Crippen LogP contribution in [0.2, 0.25) is 5.02 Å². The molecule has 0 fully saturated rings. The van der Waals surface area contributed by atoms with Crippen molar-refractivity contribution in [2.45, 2.75) is 13.2 Å². The number of ketones is 1. The van der Waals surface area contributed by atoms with Crippen LogP contribution in [0.4, 0.5) is 8.78 Å². The van der Waals surface area contributed by atoms with E-state index in [0.29, 0.717) is 16.5 Å². The summed E-state index contributed by atoms with van der Waals surface area (Å²) in [5.41, 5.74) is 1.73. The summed E-state index contributed by atoms with van der Waals surface area (Å²) in [6.07, 6.45) is 2.98. The van der Waals surface area contributed by atoms with Gasteiger partial charge in [0.2, 0.25) is 0 Å². The Morgan fingerprint density at radius 2 is 1.88 bits per heavy atom. The number of methoxy groups -OCH3 is 1. The maximum atomic E-state index is 12.4. The zero-order chi connectivity index (χ0) is 23.1. The second kappa shape index (κ2) is 11.1. The molecule has 0 aliphatic carbocycles. The molecule has 0 bridgehead atoms. The SMILES string of the molecule is COc1ccc(/C=C/C(=O)c2cccc(OC(F)F)c2)cc1COc1ccc(Br)cc1Cl. The third-order valence-corrected chi connectivity index (χ3v) is 5.14. The molecule has 0 heterocycles. The number of alkyl halides is 2. The molecule has 0 aliphatic heterocycles. The van der Waals surface area contributed by atoms with Gasteiger partial charge in [0.05, 0.1) is 12.1 Å². The van der Waals surface area contributed by atoms with Crippen LogP contribution in [-0.4, -0.2) is 19.5 Å². The highest BCUT2D eigenvalue weighted by Crippen LogP contribution is 2.30. The molecule has 4 nitrogen and oxygen atoms in total. The largest absolute Gasteiger partial charge is 0.496 e. The van der Waals surface area contributed by atoms with E-state index in [1.165, 1.54) is 30.3 Å². The third kappa shape index (κ3) is 6.55. The van der Waals surface area contributed by atoms with E-state index in [9.17, 15) is 13.6 Å². The van der Waals surface area contributed by atoms with Crippen LogP contribution in [-0.2, 0) is 6.61 Å². The van der Waals surface area contributed by atoms with Crippen molar-refractivity contribution in [3.8, 4) is 17.2 Å². The van der Waals surface area contributed by atoms with Gasteiger partial charge in [-0.05, 0) is 54.1 Å². The van der Waals surface area contributed by atoms with Crippen molar-refractivity contribution in [2.24, 2.45) is 0 Å². The average Bonchev–Trinajstić information content (AvgIpc) is 2.76. The minimum Gasteiger partial charge on any atom is -0.496 e. The molecule has 3 rings (SSSR count). The van der Waals surface area contributed by atoms with Crippen LogP contribution in [0.1, 0.15) is 21.5 Å². The van der Waals surface area contributed by atoms with E-state index in [2.05, 4.69) is 20.7 Å². The van der Waals surface area contributed by atoms with Crippen LogP contribution < -0.4 is 14.2 Å². The molecule has 3 aromatic carbocycles. The van der Waals surface area contributed by atoms with Gasteiger partial charge < -0.3 is 14.2 Å². The van der Waals surface area contributed by atoms with Crippen LogP contribution in [0.5, 0.6) is 17.2 Å². The number of ether oxygens (including phenoxy) is 3. The highest BCUT2D eigenvalue weighted by Gasteiger charge is 2.10. The van der Waals surface area contributed by atoms with E-state index in [1.54, 1.807) is 37.5 Å². The van der Waals surface area contributed by atoms with E-state index in [-0.39, 0.29) is 23.7 Å². The molecule has 0 radical (unpaired) electrons. The molecule has 0 saturated heterocycles. The van der Waals surface area contributed by atoms with Gasteiger partial charge in [0.15, 0.2) is 5.78 Å². The fraction of sp³-hybridized carbons (Fsp3) is 0.125. The molecule has 8 heteroatoms. The quantitative estimate of drug-likeness (QED) is 0.220. The van der Waals surface area contributed by atoms with Gasteiger partial charge in [-0.15, -0.1) is 0 Å². The van der Waals surface area contributed by atoms with Crippen LogP contribution in [0, 0.1) is 0 Å². The summed E-state index contributed by atoms with van der Waals surface area (Å²) < 4.78 is 41.2. The van der Waals surface area contributed by atoms with Gasteiger partial charge in [0.1, 0.15) is 23.9 Å². The fourth-order valence-electron chi connectivity index (χ4n) is 2.86. The van der Waals surface area contributed by atoms with E-state index in [4.69, 9.17) is 21.1 Å². The van der Waals surface area contributed by atoms with Crippen LogP contribution in [0.25, 0.3) is 6.08 Å². The first kappa shape index (κ1) is 23.8. The number of allylic oxidation sites excluding steroid dienone is 1. The lowest BCUT2D eigenvalue weighted by Gasteiger charge is -2.12. The maximum absolute atomic E-state index is 12.4. The lowest BCUT2D eigenvalue weighted by molar-refractivity contribution is -0.0498. The third-order valence-electron chi connectivity index (χ3n) is 4.35. The van der Waals surface area contributed by atoms with E-state index in [0.717, 1.165) is 15.6 Å². The summed E-state index contributed by atoms with van der Waals surface area (Å²) in [5, 5.41) is 0.470. The predicted octanol–water partition coefficient (Wildman–Crippen LogP) is 7.19. The molecule has 0 unspecified atom stereocenters. The van der Waals surface area contributed by atoms with Gasteiger partial charge >= 0.3 is 6.61 Å².